The fraction of sp³-hybridized carbons (Fsp3) is 0. The van der Waals surface area contributed by atoms with Crippen molar-refractivity contribution in [1.29, 1.82) is 0 Å². The van der Waals surface area contributed by atoms with Crippen molar-refractivity contribution in [3.63, 3.8) is 0 Å². The summed E-state index contributed by atoms with van der Waals surface area (Å²) >= 11 is 0. The summed E-state index contributed by atoms with van der Waals surface area (Å²) in [6.07, 6.45) is 1.78. The van der Waals surface area contributed by atoms with Gasteiger partial charge in [0.2, 0.25) is 0 Å². The molecule has 0 spiro atoms. The Morgan fingerprint density at radius 1 is 0.208 bits per heavy atom. The first-order valence-electron chi connectivity index (χ1n) is 24.2. The van der Waals surface area contributed by atoms with Gasteiger partial charge in [0.25, 0.3) is 0 Å². The minimum atomic E-state index is 0.665. The van der Waals surface area contributed by atoms with Gasteiger partial charge in [-0.15, -0.1) is 0 Å². The third-order valence-corrected chi connectivity index (χ3v) is 14.0. The number of carbonyl (C=O) groups excluding carboxylic acids is 2. The molecule has 0 aliphatic carbocycles. The Kier molecular flexibility index (Phi) is 10.4. The molecule has 0 fully saturated rings. The quantitative estimate of drug-likeness (QED) is 0.122. The first kappa shape index (κ1) is 42.3. The van der Waals surface area contributed by atoms with Crippen molar-refractivity contribution in [2.45, 2.75) is 0 Å². The second kappa shape index (κ2) is 17.6. The van der Waals surface area contributed by atoms with Gasteiger partial charge in [0.15, 0.2) is 0 Å². The van der Waals surface area contributed by atoms with Crippen LogP contribution >= 0.6 is 0 Å². The molecule has 2 heterocycles. The molecule has 0 radical (unpaired) electrons. The molecule has 2 aliphatic rings. The lowest BCUT2D eigenvalue weighted by Gasteiger charge is -2.42. The monoisotopic (exact) mass is 924 g/mol. The Morgan fingerprint density at radius 3 is 0.667 bits per heavy atom. The normalized spacial score (nSPS) is 12.4. The molecule has 0 saturated heterocycles. The average molecular weight is 925 g/mol. The number of hydrogen-bond donors (Lipinski definition) is 0. The zero-order valence-corrected chi connectivity index (χ0v) is 39.0. The van der Waals surface area contributed by atoms with Crippen LogP contribution in [0.15, 0.2) is 255 Å². The van der Waals surface area contributed by atoms with Crippen LogP contribution in [-0.4, -0.2) is 12.6 Å². The van der Waals surface area contributed by atoms with Crippen LogP contribution in [0, 0.1) is 0 Å². The molecule has 0 atom stereocenters. The number of carbonyl (C=O) groups is 2. The predicted octanol–water partition coefficient (Wildman–Crippen LogP) is 18.1. The van der Waals surface area contributed by atoms with E-state index in [2.05, 4.69) is 226 Å². The summed E-state index contributed by atoms with van der Waals surface area (Å²) < 4.78 is 0. The maximum atomic E-state index is 11.4. The molecule has 0 unspecified atom stereocenters. The van der Waals surface area contributed by atoms with E-state index >= 15 is 0 Å². The van der Waals surface area contributed by atoms with Crippen LogP contribution in [0.2, 0.25) is 0 Å². The number of nitrogens with zero attached hydrogens (tertiary/aromatic N) is 4. The number of hydrogen-bond acceptors (Lipinski definition) is 6. The lowest BCUT2D eigenvalue weighted by Crippen LogP contribution is -2.24. The number of benzene rings is 12. The van der Waals surface area contributed by atoms with Crippen molar-refractivity contribution < 1.29 is 9.59 Å². The van der Waals surface area contributed by atoms with E-state index in [9.17, 15) is 9.59 Å². The Hall–Kier alpha value is -9.78. The first-order valence-corrected chi connectivity index (χ1v) is 24.2. The van der Waals surface area contributed by atoms with Crippen LogP contribution in [0.25, 0.3) is 43.1 Å². The molecular formula is C66H44N4O2. The highest BCUT2D eigenvalue weighted by atomic mass is 16.1. The highest BCUT2D eigenvalue weighted by Gasteiger charge is 2.35. The molecule has 0 saturated carbocycles. The van der Waals surface area contributed by atoms with Crippen molar-refractivity contribution in [3.8, 4) is 0 Å². The van der Waals surface area contributed by atoms with Gasteiger partial charge in [0.05, 0.1) is 45.5 Å². The van der Waals surface area contributed by atoms with Gasteiger partial charge in [0.1, 0.15) is 12.6 Å². The summed E-state index contributed by atoms with van der Waals surface area (Å²) in [6, 6.07) is 88.5. The Labute approximate surface area is 417 Å². The average Bonchev–Trinajstić information content (AvgIpc) is 3.46. The van der Waals surface area contributed by atoms with Crippen LogP contribution in [-0.2, 0) is 0 Å². The van der Waals surface area contributed by atoms with E-state index in [1.165, 1.54) is 43.1 Å². The zero-order chi connectivity index (χ0) is 48.1. The van der Waals surface area contributed by atoms with Gasteiger partial charge in [-0.05, 0) is 119 Å². The summed E-state index contributed by atoms with van der Waals surface area (Å²) in [5, 5.41) is 9.63. The largest absolute Gasteiger partial charge is 0.306 e. The summed E-state index contributed by atoms with van der Waals surface area (Å²) in [4.78, 5) is 32.2. The maximum absolute atomic E-state index is 11.4. The van der Waals surface area contributed by atoms with Crippen LogP contribution in [0.4, 0.5) is 68.2 Å². The van der Waals surface area contributed by atoms with Crippen LogP contribution in [0.5, 0.6) is 0 Å². The van der Waals surface area contributed by atoms with Gasteiger partial charge < -0.3 is 19.6 Å². The third-order valence-electron chi connectivity index (χ3n) is 14.0. The fourth-order valence-electron chi connectivity index (χ4n) is 10.9. The van der Waals surface area contributed by atoms with Crippen molar-refractivity contribution in [1.82, 2.24) is 0 Å². The number of aldehydes is 2. The SMILES string of the molecule is O=Cc1ccc(N2c3ccccc3N(c3ccccc3)c3c2c2ccccc2c2ccccc32)cc1.O=Cc1ccc(N2c3ccccc3N(c3ccccc3)c3c2c2ccccc2c2ccccc32)cc1. The molecule has 12 aromatic rings. The zero-order valence-electron chi connectivity index (χ0n) is 39.0. The van der Waals surface area contributed by atoms with Gasteiger partial charge in [-0.3, -0.25) is 9.59 Å². The van der Waals surface area contributed by atoms with E-state index in [4.69, 9.17) is 0 Å². The Morgan fingerprint density at radius 2 is 0.417 bits per heavy atom. The minimum absolute atomic E-state index is 0.665. The van der Waals surface area contributed by atoms with Crippen molar-refractivity contribution >= 4 is 124 Å². The molecule has 6 nitrogen and oxygen atoms in total. The first-order chi connectivity index (χ1) is 35.7. The van der Waals surface area contributed by atoms with E-state index in [0.29, 0.717) is 11.1 Å². The fourth-order valence-corrected chi connectivity index (χ4v) is 10.9. The van der Waals surface area contributed by atoms with Crippen LogP contribution in [0.3, 0.4) is 0 Å². The molecule has 14 rings (SSSR count). The van der Waals surface area contributed by atoms with Crippen molar-refractivity contribution in [2.75, 3.05) is 19.6 Å². The molecule has 0 amide bonds. The predicted molar refractivity (Wildman–Crippen MR) is 300 cm³/mol. The summed E-state index contributed by atoms with van der Waals surface area (Å²) in [7, 11) is 0. The summed E-state index contributed by atoms with van der Waals surface area (Å²) in [5.41, 5.74) is 14.5. The number of rotatable bonds is 6. The van der Waals surface area contributed by atoms with Gasteiger partial charge >= 0.3 is 0 Å². The Balaban J connectivity index is 0.000000140. The second-order valence-electron chi connectivity index (χ2n) is 18.0. The van der Waals surface area contributed by atoms with E-state index in [1.54, 1.807) is 0 Å². The topological polar surface area (TPSA) is 47.1 Å². The van der Waals surface area contributed by atoms with Crippen molar-refractivity contribution in [2.24, 2.45) is 0 Å². The summed E-state index contributed by atoms with van der Waals surface area (Å²) in [6.45, 7) is 0. The number of para-hydroxylation sites is 6. The Bertz CT molecular complexity index is 3780. The molecule has 340 valence electrons. The highest BCUT2D eigenvalue weighted by molar-refractivity contribution is 6.27. The van der Waals surface area contributed by atoms with E-state index in [1.807, 2.05) is 48.5 Å². The molecule has 0 N–H and O–H groups in total. The third kappa shape index (κ3) is 6.80. The van der Waals surface area contributed by atoms with Crippen molar-refractivity contribution in [3.05, 3.63) is 266 Å². The van der Waals surface area contributed by atoms with Gasteiger partial charge in [-0.1, -0.05) is 158 Å². The molecule has 6 heteroatoms. The van der Waals surface area contributed by atoms with Crippen LogP contribution < -0.4 is 19.6 Å². The van der Waals surface area contributed by atoms with Gasteiger partial charge in [0, 0.05) is 55.4 Å². The van der Waals surface area contributed by atoms with E-state index < -0.39 is 0 Å². The van der Waals surface area contributed by atoms with Gasteiger partial charge in [-0.2, -0.15) is 0 Å². The second-order valence-corrected chi connectivity index (χ2v) is 18.0. The molecular weight excluding hydrogens is 881 g/mol. The molecule has 0 aromatic heterocycles. The van der Waals surface area contributed by atoms with Gasteiger partial charge in [-0.25, -0.2) is 0 Å². The van der Waals surface area contributed by atoms with Crippen LogP contribution in [0.1, 0.15) is 20.7 Å². The molecule has 0 bridgehead atoms. The number of anilines is 12. The standard InChI is InChI=1S/2C33H22N2O/c2*36-22-23-18-20-25(21-19-23)35-31-17-9-8-16-30(31)34(24-10-2-1-3-11-24)32-28-14-6-4-12-26(28)27-13-5-7-15-29(27)33(32)35/h2*1-22H. The number of fused-ring (bicyclic) bond motifs is 14. The van der Waals surface area contributed by atoms with E-state index in [0.717, 1.165) is 80.8 Å². The highest BCUT2D eigenvalue weighted by Crippen LogP contribution is 2.60. The maximum Gasteiger partial charge on any atom is 0.150 e. The minimum Gasteiger partial charge on any atom is -0.306 e. The summed E-state index contributed by atoms with van der Waals surface area (Å²) in [5.74, 6) is 0. The smallest absolute Gasteiger partial charge is 0.150 e. The molecule has 72 heavy (non-hydrogen) atoms. The molecule has 2 aliphatic heterocycles. The van der Waals surface area contributed by atoms with E-state index in [-0.39, 0.29) is 0 Å². The lowest BCUT2D eigenvalue weighted by atomic mass is 9.93. The molecule has 12 aromatic carbocycles. The lowest BCUT2D eigenvalue weighted by molar-refractivity contribution is 0.111.